The van der Waals surface area contributed by atoms with Crippen molar-refractivity contribution in [3.8, 4) is 5.75 Å². The van der Waals surface area contributed by atoms with E-state index in [4.69, 9.17) is 4.74 Å². The van der Waals surface area contributed by atoms with Crippen LogP contribution in [0.2, 0.25) is 0 Å². The Bertz CT molecular complexity index is 2190. The minimum Gasteiger partial charge on any atom is -0.507 e. The first-order chi connectivity index (χ1) is 22.8. The number of halogens is 6. The zero-order valence-electron chi connectivity index (χ0n) is 25.1. The Hall–Kier alpha value is -5.52. The van der Waals surface area contributed by atoms with Crippen molar-refractivity contribution in [2.45, 2.75) is 24.7 Å². The summed E-state index contributed by atoms with van der Waals surface area (Å²) in [5, 5.41) is 12.7. The van der Waals surface area contributed by atoms with Gasteiger partial charge in [0, 0.05) is 35.5 Å². The molecule has 6 nitrogen and oxygen atoms in total. The molecule has 2 aromatic heterocycles. The van der Waals surface area contributed by atoms with E-state index in [9.17, 15) is 41.0 Å². The molecule has 0 aliphatic carbocycles. The number of carbonyl (C=O) groups is 1. The lowest BCUT2D eigenvalue weighted by molar-refractivity contribution is -0.143. The molecule has 1 atom stereocenters. The van der Waals surface area contributed by atoms with Crippen LogP contribution in [-0.4, -0.2) is 27.2 Å². The second-order valence-electron chi connectivity index (χ2n) is 11.2. The van der Waals surface area contributed by atoms with Crippen LogP contribution in [0.4, 0.5) is 26.3 Å². The number of esters is 1. The lowest BCUT2D eigenvalue weighted by Gasteiger charge is -2.22. The molecule has 0 aliphatic rings. The van der Waals surface area contributed by atoms with E-state index in [0.717, 1.165) is 0 Å². The molecule has 0 fully saturated rings. The lowest BCUT2D eigenvalue weighted by atomic mass is 9.85. The highest BCUT2D eigenvalue weighted by Gasteiger charge is 2.38. The first-order valence-corrected chi connectivity index (χ1v) is 14.7. The summed E-state index contributed by atoms with van der Waals surface area (Å²) in [5.74, 6) is -2.44. The zero-order chi connectivity index (χ0) is 34.4. The van der Waals surface area contributed by atoms with Crippen molar-refractivity contribution < 1.29 is 41.0 Å². The molecule has 2 heterocycles. The van der Waals surface area contributed by atoms with Crippen LogP contribution in [0.15, 0.2) is 102 Å². The fraction of sp³-hybridized carbons (Fsp3) is 0.167. The molecular formula is C36H26F6N2O4. The molecule has 0 aliphatic heterocycles. The molecule has 12 heteroatoms. The maximum atomic E-state index is 13.9. The molecule has 1 unspecified atom stereocenters. The molecule has 0 saturated heterocycles. The summed E-state index contributed by atoms with van der Waals surface area (Å²) < 4.78 is 87.0. The van der Waals surface area contributed by atoms with E-state index >= 15 is 0 Å². The third-order valence-corrected chi connectivity index (χ3v) is 8.28. The second kappa shape index (κ2) is 12.3. The molecule has 6 aromatic rings. The summed E-state index contributed by atoms with van der Waals surface area (Å²) in [6.45, 7) is -0.422. The van der Waals surface area contributed by atoms with Gasteiger partial charge in [0.25, 0.3) is 5.56 Å². The molecule has 48 heavy (non-hydrogen) atoms. The van der Waals surface area contributed by atoms with E-state index in [0.29, 0.717) is 50.8 Å². The van der Waals surface area contributed by atoms with Gasteiger partial charge in [0.1, 0.15) is 5.75 Å². The summed E-state index contributed by atoms with van der Waals surface area (Å²) >= 11 is 0. The average Bonchev–Trinajstić information content (AvgIpc) is 3.42. The normalized spacial score (nSPS) is 12.8. The first kappa shape index (κ1) is 32.4. The Morgan fingerprint density at radius 2 is 1.42 bits per heavy atom. The topological polar surface area (TPSA) is 84.3 Å². The molecule has 2 N–H and O–H groups in total. The van der Waals surface area contributed by atoms with Crippen molar-refractivity contribution in [1.29, 1.82) is 0 Å². The Kier molecular flexibility index (Phi) is 8.28. The highest BCUT2D eigenvalue weighted by Crippen LogP contribution is 2.41. The van der Waals surface area contributed by atoms with Crippen LogP contribution in [-0.2, 0) is 30.6 Å². The third-order valence-electron chi connectivity index (χ3n) is 8.28. The van der Waals surface area contributed by atoms with Crippen LogP contribution in [0.1, 0.15) is 49.8 Å². The Balaban J connectivity index is 1.43. The second-order valence-corrected chi connectivity index (χ2v) is 11.2. The van der Waals surface area contributed by atoms with Crippen LogP contribution in [0.25, 0.3) is 21.8 Å². The van der Waals surface area contributed by atoms with Gasteiger partial charge >= 0.3 is 18.3 Å². The van der Waals surface area contributed by atoms with E-state index in [1.807, 2.05) is 0 Å². The highest BCUT2D eigenvalue weighted by molar-refractivity contribution is 5.90. The molecule has 0 radical (unpaired) electrons. The van der Waals surface area contributed by atoms with Crippen molar-refractivity contribution in [2.75, 3.05) is 6.61 Å². The fourth-order valence-electron chi connectivity index (χ4n) is 6.02. The average molecular weight is 665 g/mol. The number of pyridine rings is 1. The molecule has 0 bridgehead atoms. The van der Waals surface area contributed by atoms with Gasteiger partial charge in [0.05, 0.1) is 40.3 Å². The zero-order valence-corrected chi connectivity index (χ0v) is 25.1. The number of H-pyrrole nitrogens is 1. The van der Waals surface area contributed by atoms with Gasteiger partial charge in [-0.2, -0.15) is 26.3 Å². The number of para-hydroxylation sites is 2. The van der Waals surface area contributed by atoms with Gasteiger partial charge in [0.2, 0.25) is 0 Å². The number of ether oxygens (including phenoxy) is 1. The quantitative estimate of drug-likeness (QED) is 0.133. The van der Waals surface area contributed by atoms with Gasteiger partial charge in [0.15, 0.2) is 0 Å². The SMILES string of the molecule is Cn1c(=O)c(C(c2ccccc2)c2[nH]c3ccccc3c2CCOC(=O)c2cc(C(F)(F)F)cc(C(F)(F)F)c2)c(O)c2ccccc21. The molecular weight excluding hydrogens is 638 g/mol. The predicted molar refractivity (Wildman–Crippen MR) is 167 cm³/mol. The molecule has 246 valence electrons. The summed E-state index contributed by atoms with van der Waals surface area (Å²) in [7, 11) is 1.60. The Labute approximate surface area is 268 Å². The number of alkyl halides is 6. The number of rotatable bonds is 7. The van der Waals surface area contributed by atoms with Crippen molar-refractivity contribution in [1.82, 2.24) is 9.55 Å². The molecule has 4 aromatic carbocycles. The van der Waals surface area contributed by atoms with E-state index in [1.54, 1.807) is 85.9 Å². The number of nitrogens with one attached hydrogen (secondary N) is 1. The number of nitrogens with zero attached hydrogens (tertiary/aromatic N) is 1. The number of hydrogen-bond acceptors (Lipinski definition) is 4. The van der Waals surface area contributed by atoms with Crippen LogP contribution in [0.5, 0.6) is 5.75 Å². The smallest absolute Gasteiger partial charge is 0.416 e. The van der Waals surface area contributed by atoms with E-state index < -0.39 is 53.1 Å². The predicted octanol–water partition coefficient (Wildman–Crippen LogP) is 8.34. The number of carbonyl (C=O) groups excluding carboxylic acids is 1. The third kappa shape index (κ3) is 6.01. The number of aromatic nitrogens is 2. The summed E-state index contributed by atoms with van der Waals surface area (Å²) in [6, 6.07) is 23.5. The van der Waals surface area contributed by atoms with Crippen molar-refractivity contribution >= 4 is 27.8 Å². The molecule has 0 amide bonds. The number of fused-ring (bicyclic) bond motifs is 2. The minimum atomic E-state index is -5.13. The largest absolute Gasteiger partial charge is 0.507 e. The Morgan fingerprint density at radius 3 is 2.06 bits per heavy atom. The van der Waals surface area contributed by atoms with Crippen molar-refractivity contribution in [3.05, 3.63) is 146 Å². The fourth-order valence-corrected chi connectivity index (χ4v) is 6.02. The number of aryl methyl sites for hydroxylation is 1. The van der Waals surface area contributed by atoms with Gasteiger partial charge in [-0.05, 0) is 47.5 Å². The van der Waals surface area contributed by atoms with E-state index in [1.165, 1.54) is 4.57 Å². The molecule has 0 saturated carbocycles. The number of aromatic hydroxyl groups is 1. The number of hydrogen-bond donors (Lipinski definition) is 2. The Morgan fingerprint density at radius 1 is 0.833 bits per heavy atom. The van der Waals surface area contributed by atoms with Gasteiger partial charge in [-0.15, -0.1) is 0 Å². The standard InChI is InChI=1S/C36H26F6N2O4/c1-44-28-14-8-6-12-26(28)32(45)30(33(44)46)29(20-9-3-2-4-10-20)31-25(24-11-5-7-13-27(24)43-31)15-16-48-34(47)21-17-22(35(37,38)39)19-23(18-21)36(40,41)42/h2-14,17-19,29,43,45H,15-16H2,1H3. The van der Waals surface area contributed by atoms with Gasteiger partial charge < -0.3 is 19.4 Å². The summed E-state index contributed by atoms with van der Waals surface area (Å²) in [6.07, 6.45) is -10.3. The summed E-state index contributed by atoms with van der Waals surface area (Å²) in [5.41, 5.74) is -1.67. The lowest BCUT2D eigenvalue weighted by Crippen LogP contribution is -2.25. The number of benzene rings is 4. The van der Waals surface area contributed by atoms with Gasteiger partial charge in [-0.25, -0.2) is 4.79 Å². The molecule has 6 rings (SSSR count). The maximum Gasteiger partial charge on any atom is 0.416 e. The monoisotopic (exact) mass is 664 g/mol. The van der Waals surface area contributed by atoms with Crippen LogP contribution >= 0.6 is 0 Å². The van der Waals surface area contributed by atoms with Gasteiger partial charge in [-0.3, -0.25) is 4.79 Å². The summed E-state index contributed by atoms with van der Waals surface area (Å²) in [4.78, 5) is 30.2. The van der Waals surface area contributed by atoms with Crippen molar-refractivity contribution in [3.63, 3.8) is 0 Å². The van der Waals surface area contributed by atoms with Crippen LogP contribution in [0.3, 0.4) is 0 Å². The van der Waals surface area contributed by atoms with E-state index in [2.05, 4.69) is 4.98 Å². The molecule has 0 spiro atoms. The van der Waals surface area contributed by atoms with Gasteiger partial charge in [-0.1, -0.05) is 60.7 Å². The number of aromatic amines is 1. The van der Waals surface area contributed by atoms with Crippen LogP contribution < -0.4 is 5.56 Å². The maximum absolute atomic E-state index is 13.9. The van der Waals surface area contributed by atoms with Crippen molar-refractivity contribution in [2.24, 2.45) is 7.05 Å². The highest BCUT2D eigenvalue weighted by atomic mass is 19.4. The minimum absolute atomic E-state index is 0.0336. The van der Waals surface area contributed by atoms with E-state index in [-0.39, 0.29) is 23.8 Å². The first-order valence-electron chi connectivity index (χ1n) is 14.7. The van der Waals surface area contributed by atoms with Crippen LogP contribution in [0, 0.1) is 0 Å².